The molecule has 2 unspecified atom stereocenters. The average molecular weight is 422 g/mol. The normalized spacial score (nSPS) is 21.9. The molecule has 6 heteroatoms. The Morgan fingerprint density at radius 2 is 1.94 bits per heavy atom. The van der Waals surface area contributed by atoms with Gasteiger partial charge in [-0.1, -0.05) is 29.8 Å². The van der Waals surface area contributed by atoms with E-state index >= 15 is 0 Å². The predicted octanol–water partition coefficient (Wildman–Crippen LogP) is 3.82. The van der Waals surface area contributed by atoms with Crippen LogP contribution in [0.1, 0.15) is 48.5 Å². The number of rotatable bonds is 6. The lowest BCUT2D eigenvalue weighted by Gasteiger charge is -2.32. The number of ether oxygens (including phenoxy) is 1. The second-order valence-electron chi connectivity index (χ2n) is 8.63. The fourth-order valence-electron chi connectivity index (χ4n) is 4.50. The maximum atomic E-state index is 6.16. The molecular formula is C25H35N5O. The van der Waals surface area contributed by atoms with E-state index in [1.54, 1.807) is 0 Å². The van der Waals surface area contributed by atoms with Crippen molar-refractivity contribution in [2.75, 3.05) is 38.2 Å². The topological polar surface area (TPSA) is 61.8 Å². The summed E-state index contributed by atoms with van der Waals surface area (Å²) in [7, 11) is 1.83. The summed E-state index contributed by atoms with van der Waals surface area (Å²) < 4.78 is 6.16. The molecule has 2 N–H and O–H groups in total. The highest BCUT2D eigenvalue weighted by Crippen LogP contribution is 2.33. The summed E-state index contributed by atoms with van der Waals surface area (Å²) in [5, 5.41) is 6.98. The van der Waals surface area contributed by atoms with Crippen molar-refractivity contribution in [3.05, 3.63) is 59.3 Å². The molecule has 2 aliphatic heterocycles. The maximum Gasteiger partial charge on any atom is 0.191 e. The third-order valence-electron chi connectivity index (χ3n) is 6.31. The van der Waals surface area contributed by atoms with E-state index in [1.807, 2.05) is 13.2 Å². The van der Waals surface area contributed by atoms with Gasteiger partial charge in [-0.25, -0.2) is 4.98 Å². The van der Waals surface area contributed by atoms with Crippen LogP contribution in [0.4, 0.5) is 5.82 Å². The predicted molar refractivity (Wildman–Crippen MR) is 126 cm³/mol. The Balaban J connectivity index is 1.31. The Kier molecular flexibility index (Phi) is 7.41. The SMILES string of the molecule is CN=C(NCc1ccnc(N2CCCC2)c1)NCC1CCCOC1c1ccc(C)cc1. The third kappa shape index (κ3) is 5.76. The zero-order chi connectivity index (χ0) is 21.5. The molecule has 1 aromatic carbocycles. The number of hydrogen-bond acceptors (Lipinski definition) is 4. The highest BCUT2D eigenvalue weighted by molar-refractivity contribution is 5.79. The van der Waals surface area contributed by atoms with Crippen molar-refractivity contribution in [2.45, 2.75) is 45.3 Å². The molecule has 0 aliphatic carbocycles. The zero-order valence-electron chi connectivity index (χ0n) is 18.8. The second-order valence-corrected chi connectivity index (χ2v) is 8.63. The van der Waals surface area contributed by atoms with Gasteiger partial charge in [-0.15, -0.1) is 0 Å². The van der Waals surface area contributed by atoms with E-state index in [1.165, 1.54) is 29.5 Å². The highest BCUT2D eigenvalue weighted by atomic mass is 16.5. The third-order valence-corrected chi connectivity index (χ3v) is 6.31. The number of aliphatic imine (C=N–C) groups is 1. The van der Waals surface area contributed by atoms with Crippen molar-refractivity contribution >= 4 is 11.8 Å². The van der Waals surface area contributed by atoms with Crippen LogP contribution in [0.2, 0.25) is 0 Å². The average Bonchev–Trinajstić information content (AvgIpc) is 3.35. The number of nitrogens with zero attached hydrogens (tertiary/aromatic N) is 3. The number of nitrogens with one attached hydrogen (secondary N) is 2. The van der Waals surface area contributed by atoms with Crippen LogP contribution < -0.4 is 15.5 Å². The maximum absolute atomic E-state index is 6.16. The minimum atomic E-state index is 0.142. The molecule has 2 aliphatic rings. The summed E-state index contributed by atoms with van der Waals surface area (Å²) >= 11 is 0. The molecule has 0 saturated carbocycles. The van der Waals surface area contributed by atoms with Crippen molar-refractivity contribution in [1.82, 2.24) is 15.6 Å². The van der Waals surface area contributed by atoms with Crippen molar-refractivity contribution < 1.29 is 4.74 Å². The van der Waals surface area contributed by atoms with E-state index in [4.69, 9.17) is 4.74 Å². The molecule has 2 fully saturated rings. The first-order valence-electron chi connectivity index (χ1n) is 11.6. The van der Waals surface area contributed by atoms with Crippen LogP contribution in [-0.2, 0) is 11.3 Å². The zero-order valence-corrected chi connectivity index (χ0v) is 18.8. The number of pyridine rings is 1. The van der Waals surface area contributed by atoms with Crippen LogP contribution in [0.25, 0.3) is 0 Å². The van der Waals surface area contributed by atoms with E-state index in [-0.39, 0.29) is 6.10 Å². The Labute approximate surface area is 186 Å². The van der Waals surface area contributed by atoms with Crippen LogP contribution >= 0.6 is 0 Å². The van der Waals surface area contributed by atoms with Gasteiger partial charge >= 0.3 is 0 Å². The number of aromatic nitrogens is 1. The van der Waals surface area contributed by atoms with Crippen molar-refractivity contribution in [3.63, 3.8) is 0 Å². The highest BCUT2D eigenvalue weighted by Gasteiger charge is 2.27. The molecule has 1 aromatic heterocycles. The first-order chi connectivity index (χ1) is 15.2. The fraction of sp³-hybridized carbons (Fsp3) is 0.520. The summed E-state index contributed by atoms with van der Waals surface area (Å²) in [6.45, 7) is 6.75. The number of aryl methyl sites for hydroxylation is 1. The molecule has 2 saturated heterocycles. The van der Waals surface area contributed by atoms with E-state index in [9.17, 15) is 0 Å². The van der Waals surface area contributed by atoms with Crippen LogP contribution in [-0.4, -0.2) is 44.2 Å². The summed E-state index contributed by atoms with van der Waals surface area (Å²) in [6.07, 6.45) is 6.84. The van der Waals surface area contributed by atoms with Gasteiger partial charge in [0.1, 0.15) is 5.82 Å². The second kappa shape index (κ2) is 10.6. The molecule has 2 atom stereocenters. The van der Waals surface area contributed by atoms with Crippen LogP contribution in [0, 0.1) is 12.8 Å². The standard InChI is InChI=1S/C25H35N5O/c1-19-7-9-21(10-8-19)24-22(6-5-15-31-24)18-29-25(26-2)28-17-20-11-12-27-23(16-20)30-13-3-4-14-30/h7-12,16,22,24H,3-6,13-15,17-18H2,1-2H3,(H2,26,28,29). The van der Waals surface area contributed by atoms with E-state index in [2.05, 4.69) is 68.8 Å². The largest absolute Gasteiger partial charge is 0.373 e. The molecule has 3 heterocycles. The molecule has 2 aromatic rings. The molecule has 6 nitrogen and oxygen atoms in total. The summed E-state index contributed by atoms with van der Waals surface area (Å²) in [5.41, 5.74) is 3.77. The number of guanidine groups is 1. The van der Waals surface area contributed by atoms with Crippen molar-refractivity contribution in [3.8, 4) is 0 Å². The Morgan fingerprint density at radius 3 is 2.71 bits per heavy atom. The minimum Gasteiger partial charge on any atom is -0.373 e. The molecule has 0 bridgehead atoms. The van der Waals surface area contributed by atoms with Gasteiger partial charge in [0.15, 0.2) is 5.96 Å². The van der Waals surface area contributed by atoms with Crippen molar-refractivity contribution in [2.24, 2.45) is 10.9 Å². The van der Waals surface area contributed by atoms with Gasteiger partial charge in [0.25, 0.3) is 0 Å². The van der Waals surface area contributed by atoms with Crippen molar-refractivity contribution in [1.29, 1.82) is 0 Å². The number of hydrogen-bond donors (Lipinski definition) is 2. The van der Waals surface area contributed by atoms with E-state index in [0.717, 1.165) is 57.4 Å². The molecule has 0 amide bonds. The lowest BCUT2D eigenvalue weighted by Crippen LogP contribution is -2.41. The van der Waals surface area contributed by atoms with Gasteiger partial charge in [-0.3, -0.25) is 4.99 Å². The van der Waals surface area contributed by atoms with Gasteiger partial charge in [-0.2, -0.15) is 0 Å². The van der Waals surface area contributed by atoms with Gasteiger partial charge in [0, 0.05) is 51.9 Å². The number of anilines is 1. The first-order valence-corrected chi connectivity index (χ1v) is 11.6. The molecule has 166 valence electrons. The van der Waals surface area contributed by atoms with Gasteiger partial charge < -0.3 is 20.3 Å². The fourth-order valence-corrected chi connectivity index (χ4v) is 4.50. The minimum absolute atomic E-state index is 0.142. The Bertz CT molecular complexity index is 860. The molecule has 0 radical (unpaired) electrons. The molecular weight excluding hydrogens is 386 g/mol. The summed E-state index contributed by atoms with van der Waals surface area (Å²) in [5.74, 6) is 2.34. The first kappa shape index (κ1) is 21.6. The smallest absolute Gasteiger partial charge is 0.191 e. The number of benzene rings is 1. The Hall–Kier alpha value is -2.60. The lowest BCUT2D eigenvalue weighted by molar-refractivity contribution is -0.0265. The van der Waals surface area contributed by atoms with Gasteiger partial charge in [0.05, 0.1) is 6.10 Å². The van der Waals surface area contributed by atoms with Crippen LogP contribution in [0.3, 0.4) is 0 Å². The summed E-state index contributed by atoms with van der Waals surface area (Å²) in [6, 6.07) is 13.0. The molecule has 4 rings (SSSR count). The Morgan fingerprint density at radius 1 is 1.13 bits per heavy atom. The van der Waals surface area contributed by atoms with E-state index in [0.29, 0.717) is 5.92 Å². The summed E-state index contributed by atoms with van der Waals surface area (Å²) in [4.78, 5) is 11.3. The molecule has 0 spiro atoms. The van der Waals surface area contributed by atoms with E-state index < -0.39 is 0 Å². The van der Waals surface area contributed by atoms with Gasteiger partial charge in [0.2, 0.25) is 0 Å². The van der Waals surface area contributed by atoms with Crippen LogP contribution in [0.5, 0.6) is 0 Å². The molecule has 31 heavy (non-hydrogen) atoms. The monoisotopic (exact) mass is 421 g/mol. The van der Waals surface area contributed by atoms with Gasteiger partial charge in [-0.05, 0) is 55.9 Å². The lowest BCUT2D eigenvalue weighted by atomic mass is 9.89. The van der Waals surface area contributed by atoms with Crippen LogP contribution in [0.15, 0.2) is 47.6 Å². The quantitative estimate of drug-likeness (QED) is 0.548.